The van der Waals surface area contributed by atoms with Gasteiger partial charge in [0.15, 0.2) is 0 Å². The molecule has 1 rings (SSSR count). The Labute approximate surface area is 156 Å². The maximum absolute atomic E-state index is 11.5. The van der Waals surface area contributed by atoms with Crippen LogP contribution in [-0.4, -0.2) is 54.5 Å². The maximum atomic E-state index is 11.5. The predicted octanol–water partition coefficient (Wildman–Crippen LogP) is 1.32. The second-order valence-corrected chi connectivity index (χ2v) is 6.89. The first-order valence-corrected chi connectivity index (χ1v) is 9.03. The van der Waals surface area contributed by atoms with Crippen molar-refractivity contribution in [2.24, 2.45) is 11.7 Å². The third kappa shape index (κ3) is 8.92. The van der Waals surface area contributed by atoms with Gasteiger partial charge in [0.2, 0.25) is 11.8 Å². The monoisotopic (exact) mass is 364 g/mol. The number of carbonyl (C=O) groups excluding carboxylic acids is 2. The SMILES string of the molecule is CNC(=O)CC(C)OC(CC(N)=O)C(C)CCN(C)Cc1ccncc1. The van der Waals surface area contributed by atoms with Crippen LogP contribution in [0.5, 0.6) is 0 Å². The van der Waals surface area contributed by atoms with Crippen molar-refractivity contribution >= 4 is 11.8 Å². The lowest BCUT2D eigenvalue weighted by Crippen LogP contribution is -2.34. The highest BCUT2D eigenvalue weighted by atomic mass is 16.5. The molecule has 26 heavy (non-hydrogen) atoms. The average molecular weight is 364 g/mol. The van der Waals surface area contributed by atoms with Crippen molar-refractivity contribution in [3.8, 4) is 0 Å². The van der Waals surface area contributed by atoms with Crippen LogP contribution >= 0.6 is 0 Å². The van der Waals surface area contributed by atoms with E-state index in [1.54, 1.807) is 19.4 Å². The fourth-order valence-electron chi connectivity index (χ4n) is 2.78. The van der Waals surface area contributed by atoms with Gasteiger partial charge in [-0.1, -0.05) is 6.92 Å². The molecule has 0 bridgehead atoms. The van der Waals surface area contributed by atoms with Crippen LogP contribution in [0, 0.1) is 5.92 Å². The number of hydrogen-bond donors (Lipinski definition) is 2. The predicted molar refractivity (Wildman–Crippen MR) is 101 cm³/mol. The standard InChI is InChI=1S/C19H32N4O3/c1-14(7-10-23(4)13-16-5-8-22-9-6-16)17(12-18(20)24)26-15(2)11-19(25)21-3/h5-6,8-9,14-15,17H,7,10-13H2,1-4H3,(H2,20,24)(H,21,25). The number of nitrogens with one attached hydrogen (secondary N) is 1. The van der Waals surface area contributed by atoms with E-state index in [4.69, 9.17) is 10.5 Å². The van der Waals surface area contributed by atoms with E-state index in [0.717, 1.165) is 19.5 Å². The zero-order chi connectivity index (χ0) is 19.5. The summed E-state index contributed by atoms with van der Waals surface area (Å²) in [7, 11) is 3.66. The third-order valence-electron chi connectivity index (χ3n) is 4.36. The van der Waals surface area contributed by atoms with Crippen molar-refractivity contribution in [3.05, 3.63) is 30.1 Å². The Morgan fingerprint density at radius 3 is 2.50 bits per heavy atom. The molecule has 0 aromatic carbocycles. The van der Waals surface area contributed by atoms with Crippen molar-refractivity contribution in [2.75, 3.05) is 20.6 Å². The molecule has 0 saturated carbocycles. The van der Waals surface area contributed by atoms with Crippen molar-refractivity contribution in [1.29, 1.82) is 0 Å². The summed E-state index contributed by atoms with van der Waals surface area (Å²) < 4.78 is 5.96. The number of nitrogens with zero attached hydrogens (tertiary/aromatic N) is 2. The average Bonchev–Trinajstić information content (AvgIpc) is 2.59. The number of carbonyl (C=O) groups is 2. The Morgan fingerprint density at radius 2 is 1.92 bits per heavy atom. The number of ether oxygens (including phenoxy) is 1. The summed E-state index contributed by atoms with van der Waals surface area (Å²) in [6.45, 7) is 5.60. The molecule has 0 saturated heterocycles. The van der Waals surface area contributed by atoms with Crippen LogP contribution in [0.4, 0.5) is 0 Å². The fourth-order valence-corrected chi connectivity index (χ4v) is 2.78. The lowest BCUT2D eigenvalue weighted by Gasteiger charge is -2.28. The molecule has 7 heteroatoms. The first kappa shape index (κ1) is 22.1. The molecule has 2 amide bonds. The molecule has 0 aliphatic heterocycles. The van der Waals surface area contributed by atoms with Gasteiger partial charge in [0, 0.05) is 26.0 Å². The number of pyridine rings is 1. The van der Waals surface area contributed by atoms with Crippen LogP contribution in [0.3, 0.4) is 0 Å². The minimum atomic E-state index is -0.390. The highest BCUT2D eigenvalue weighted by Crippen LogP contribution is 2.19. The highest BCUT2D eigenvalue weighted by molar-refractivity contribution is 5.76. The summed E-state index contributed by atoms with van der Waals surface area (Å²) in [5.74, 6) is -0.325. The number of primary amides is 1. The molecule has 0 aliphatic carbocycles. The van der Waals surface area contributed by atoms with Crippen molar-refractivity contribution < 1.29 is 14.3 Å². The van der Waals surface area contributed by atoms with Crippen molar-refractivity contribution in [1.82, 2.24) is 15.2 Å². The Hall–Kier alpha value is -1.99. The second kappa shape index (κ2) is 11.6. The van der Waals surface area contributed by atoms with Gasteiger partial charge >= 0.3 is 0 Å². The largest absolute Gasteiger partial charge is 0.374 e. The van der Waals surface area contributed by atoms with Crippen LogP contribution < -0.4 is 11.1 Å². The van der Waals surface area contributed by atoms with E-state index >= 15 is 0 Å². The molecule has 3 atom stereocenters. The molecule has 3 N–H and O–H groups in total. The molecule has 146 valence electrons. The lowest BCUT2D eigenvalue weighted by molar-refractivity contribution is -0.128. The lowest BCUT2D eigenvalue weighted by atomic mass is 9.97. The van der Waals surface area contributed by atoms with E-state index in [1.807, 2.05) is 19.1 Å². The quantitative estimate of drug-likeness (QED) is 0.583. The van der Waals surface area contributed by atoms with Gasteiger partial charge in [0.05, 0.1) is 25.0 Å². The molecule has 0 fully saturated rings. The van der Waals surface area contributed by atoms with Gasteiger partial charge in [-0.25, -0.2) is 0 Å². The first-order valence-electron chi connectivity index (χ1n) is 9.03. The van der Waals surface area contributed by atoms with E-state index in [9.17, 15) is 9.59 Å². The number of amides is 2. The van der Waals surface area contributed by atoms with Crippen molar-refractivity contribution in [3.63, 3.8) is 0 Å². The van der Waals surface area contributed by atoms with Crippen LogP contribution in [0.15, 0.2) is 24.5 Å². The minimum Gasteiger partial charge on any atom is -0.374 e. The molecule has 1 heterocycles. The highest BCUT2D eigenvalue weighted by Gasteiger charge is 2.23. The Morgan fingerprint density at radius 1 is 1.27 bits per heavy atom. The van der Waals surface area contributed by atoms with Gasteiger partial charge in [-0.2, -0.15) is 0 Å². The summed E-state index contributed by atoms with van der Waals surface area (Å²) >= 11 is 0. The second-order valence-electron chi connectivity index (χ2n) is 6.89. The van der Waals surface area contributed by atoms with E-state index < -0.39 is 0 Å². The number of aromatic nitrogens is 1. The topological polar surface area (TPSA) is 97.5 Å². The number of rotatable bonds is 12. The fraction of sp³-hybridized carbons (Fsp3) is 0.632. The Balaban J connectivity index is 2.52. The molecular weight excluding hydrogens is 332 g/mol. The van der Waals surface area contributed by atoms with E-state index in [-0.39, 0.29) is 42.8 Å². The Kier molecular flexibility index (Phi) is 9.83. The summed E-state index contributed by atoms with van der Waals surface area (Å²) in [5.41, 5.74) is 6.59. The maximum Gasteiger partial charge on any atom is 0.222 e. The first-order chi connectivity index (χ1) is 12.3. The van der Waals surface area contributed by atoms with Crippen molar-refractivity contribution in [2.45, 2.75) is 51.9 Å². The summed E-state index contributed by atoms with van der Waals surface area (Å²) in [5, 5.41) is 2.58. The van der Waals surface area contributed by atoms with Gasteiger partial charge in [0.25, 0.3) is 0 Å². The van der Waals surface area contributed by atoms with Crippen LogP contribution in [0.1, 0.15) is 38.7 Å². The zero-order valence-electron chi connectivity index (χ0n) is 16.3. The number of nitrogens with two attached hydrogens (primary N) is 1. The molecule has 7 nitrogen and oxygen atoms in total. The molecule has 1 aromatic rings. The Bertz CT molecular complexity index is 553. The van der Waals surface area contributed by atoms with E-state index in [2.05, 4.69) is 29.2 Å². The summed E-state index contributed by atoms with van der Waals surface area (Å²) in [4.78, 5) is 29.1. The zero-order valence-corrected chi connectivity index (χ0v) is 16.3. The number of hydrogen-bond acceptors (Lipinski definition) is 5. The molecule has 3 unspecified atom stereocenters. The van der Waals surface area contributed by atoms with Gasteiger partial charge in [-0.05, 0) is 50.6 Å². The molecule has 0 spiro atoms. The van der Waals surface area contributed by atoms with E-state index in [1.165, 1.54) is 5.56 Å². The smallest absolute Gasteiger partial charge is 0.222 e. The van der Waals surface area contributed by atoms with E-state index in [0.29, 0.717) is 0 Å². The van der Waals surface area contributed by atoms with Gasteiger partial charge in [-0.15, -0.1) is 0 Å². The van der Waals surface area contributed by atoms with Gasteiger partial charge < -0.3 is 20.7 Å². The van der Waals surface area contributed by atoms with Crippen LogP contribution in [-0.2, 0) is 20.9 Å². The molecular formula is C19H32N4O3. The summed E-state index contributed by atoms with van der Waals surface area (Å²) in [6.07, 6.45) is 4.31. The third-order valence-corrected chi connectivity index (χ3v) is 4.36. The summed E-state index contributed by atoms with van der Waals surface area (Å²) in [6, 6.07) is 4.00. The molecule has 0 aliphatic rings. The minimum absolute atomic E-state index is 0.0833. The molecule has 1 aromatic heterocycles. The molecule has 0 radical (unpaired) electrons. The van der Waals surface area contributed by atoms with Crippen LogP contribution in [0.25, 0.3) is 0 Å². The van der Waals surface area contributed by atoms with Gasteiger partial charge in [0.1, 0.15) is 0 Å². The van der Waals surface area contributed by atoms with Gasteiger partial charge in [-0.3, -0.25) is 14.6 Å². The normalized spacial score (nSPS) is 14.7. The van der Waals surface area contributed by atoms with Crippen LogP contribution in [0.2, 0.25) is 0 Å².